The van der Waals surface area contributed by atoms with Gasteiger partial charge in [0.25, 0.3) is 0 Å². The summed E-state index contributed by atoms with van der Waals surface area (Å²) in [6.45, 7) is 2.71. The van der Waals surface area contributed by atoms with Gasteiger partial charge in [0.2, 0.25) is 5.91 Å². The fourth-order valence-electron chi connectivity index (χ4n) is 2.15. The Bertz CT molecular complexity index is 590. The molecule has 2 rings (SSSR count). The van der Waals surface area contributed by atoms with Crippen LogP contribution in [0.15, 0.2) is 48.5 Å². The molecule has 0 fully saturated rings. The second-order valence-corrected chi connectivity index (χ2v) is 5.80. The molecule has 0 N–H and O–H groups in total. The largest absolute Gasteiger partial charge is 0.341 e. The molecule has 0 spiro atoms. The zero-order chi connectivity index (χ0) is 15.2. The van der Waals surface area contributed by atoms with E-state index in [0.29, 0.717) is 13.0 Å². The number of nitrogens with zero attached hydrogens (tertiary/aromatic N) is 1. The van der Waals surface area contributed by atoms with Gasteiger partial charge < -0.3 is 4.90 Å². The van der Waals surface area contributed by atoms with Crippen molar-refractivity contribution < 1.29 is 4.79 Å². The van der Waals surface area contributed by atoms with Crippen LogP contribution in [-0.2, 0) is 17.8 Å². The molecular formula is C18H20ClNO. The van der Waals surface area contributed by atoms with Crippen LogP contribution in [0.4, 0.5) is 0 Å². The van der Waals surface area contributed by atoms with Crippen molar-refractivity contribution in [3.05, 3.63) is 70.2 Å². The lowest BCUT2D eigenvalue weighted by molar-refractivity contribution is -0.130. The smallest absolute Gasteiger partial charge is 0.222 e. The summed E-state index contributed by atoms with van der Waals surface area (Å²) in [6.07, 6.45) is 1.26. The van der Waals surface area contributed by atoms with Gasteiger partial charge >= 0.3 is 0 Å². The Kier molecular flexibility index (Phi) is 5.40. The van der Waals surface area contributed by atoms with Gasteiger partial charge in [0, 0.05) is 25.0 Å². The van der Waals surface area contributed by atoms with Crippen LogP contribution in [0.3, 0.4) is 0 Å². The fraction of sp³-hybridized carbons (Fsp3) is 0.278. The van der Waals surface area contributed by atoms with Crippen LogP contribution in [0.2, 0.25) is 5.02 Å². The quantitative estimate of drug-likeness (QED) is 0.809. The topological polar surface area (TPSA) is 20.3 Å². The molecule has 0 heterocycles. The average molecular weight is 302 g/mol. The number of rotatable bonds is 5. The maximum atomic E-state index is 12.2. The minimum Gasteiger partial charge on any atom is -0.341 e. The summed E-state index contributed by atoms with van der Waals surface area (Å²) in [7, 11) is 1.85. The fourth-order valence-corrected chi connectivity index (χ4v) is 2.27. The van der Waals surface area contributed by atoms with Crippen LogP contribution in [-0.4, -0.2) is 17.9 Å². The Morgan fingerprint density at radius 1 is 1.00 bits per heavy atom. The Morgan fingerprint density at radius 2 is 1.57 bits per heavy atom. The third-order valence-electron chi connectivity index (χ3n) is 3.51. The molecule has 2 aromatic rings. The van der Waals surface area contributed by atoms with Crippen molar-refractivity contribution in [2.45, 2.75) is 26.3 Å². The van der Waals surface area contributed by atoms with E-state index in [4.69, 9.17) is 11.6 Å². The van der Waals surface area contributed by atoms with E-state index in [0.717, 1.165) is 22.6 Å². The van der Waals surface area contributed by atoms with Gasteiger partial charge in [-0.15, -0.1) is 0 Å². The minimum atomic E-state index is 0.158. The lowest BCUT2D eigenvalue weighted by atomic mass is 10.1. The molecule has 21 heavy (non-hydrogen) atoms. The summed E-state index contributed by atoms with van der Waals surface area (Å²) in [5.74, 6) is 0.158. The number of hydrogen-bond acceptors (Lipinski definition) is 1. The zero-order valence-electron chi connectivity index (χ0n) is 12.5. The number of halogens is 1. The van der Waals surface area contributed by atoms with Gasteiger partial charge in [-0.05, 0) is 36.6 Å². The first kappa shape index (κ1) is 15.6. The minimum absolute atomic E-state index is 0.158. The normalized spacial score (nSPS) is 10.4. The molecule has 0 saturated heterocycles. The molecule has 0 aliphatic rings. The van der Waals surface area contributed by atoms with E-state index >= 15 is 0 Å². The first-order chi connectivity index (χ1) is 10.0. The second-order valence-electron chi connectivity index (χ2n) is 5.36. The molecule has 0 aliphatic heterocycles. The van der Waals surface area contributed by atoms with Crippen molar-refractivity contribution in [3.63, 3.8) is 0 Å². The van der Waals surface area contributed by atoms with E-state index in [2.05, 4.69) is 31.2 Å². The predicted molar refractivity (Wildman–Crippen MR) is 87.4 cm³/mol. The predicted octanol–water partition coefficient (Wildman–Crippen LogP) is 4.24. The molecule has 0 bridgehead atoms. The van der Waals surface area contributed by atoms with Crippen LogP contribution < -0.4 is 0 Å². The summed E-state index contributed by atoms with van der Waals surface area (Å²) < 4.78 is 0. The van der Waals surface area contributed by atoms with Crippen LogP contribution >= 0.6 is 11.6 Å². The van der Waals surface area contributed by atoms with E-state index < -0.39 is 0 Å². The van der Waals surface area contributed by atoms with Gasteiger partial charge in [0.05, 0.1) is 0 Å². The molecule has 3 heteroatoms. The highest BCUT2D eigenvalue weighted by Gasteiger charge is 2.09. The number of carbonyl (C=O) groups is 1. The summed E-state index contributed by atoms with van der Waals surface area (Å²) >= 11 is 5.85. The van der Waals surface area contributed by atoms with Gasteiger partial charge in [0.15, 0.2) is 0 Å². The second kappa shape index (κ2) is 7.28. The van der Waals surface area contributed by atoms with Crippen LogP contribution in [0.25, 0.3) is 0 Å². The Hall–Kier alpha value is -1.80. The molecule has 0 saturated carbocycles. The molecule has 1 amide bonds. The highest BCUT2D eigenvalue weighted by atomic mass is 35.5. The van der Waals surface area contributed by atoms with Crippen LogP contribution in [0.1, 0.15) is 23.1 Å². The molecule has 0 aromatic heterocycles. The monoisotopic (exact) mass is 301 g/mol. The summed E-state index contributed by atoms with van der Waals surface area (Å²) in [5.41, 5.74) is 3.52. The highest BCUT2D eigenvalue weighted by Crippen LogP contribution is 2.12. The van der Waals surface area contributed by atoms with E-state index in [1.807, 2.05) is 31.3 Å². The van der Waals surface area contributed by atoms with Crippen molar-refractivity contribution in [1.82, 2.24) is 4.90 Å². The van der Waals surface area contributed by atoms with E-state index in [9.17, 15) is 4.79 Å². The third kappa shape index (κ3) is 4.91. The molecule has 2 nitrogen and oxygen atoms in total. The lowest BCUT2D eigenvalue weighted by Crippen LogP contribution is -2.26. The number of aryl methyl sites for hydroxylation is 2. The molecular weight excluding hydrogens is 282 g/mol. The molecule has 0 atom stereocenters. The van der Waals surface area contributed by atoms with E-state index in [1.165, 1.54) is 5.56 Å². The maximum Gasteiger partial charge on any atom is 0.222 e. The molecule has 2 aromatic carbocycles. The first-order valence-electron chi connectivity index (χ1n) is 7.08. The van der Waals surface area contributed by atoms with Crippen molar-refractivity contribution in [3.8, 4) is 0 Å². The van der Waals surface area contributed by atoms with Gasteiger partial charge in [-0.1, -0.05) is 53.6 Å². The zero-order valence-corrected chi connectivity index (χ0v) is 13.2. The van der Waals surface area contributed by atoms with Crippen molar-refractivity contribution in [2.24, 2.45) is 0 Å². The number of benzene rings is 2. The standard InChI is InChI=1S/C18H20ClNO/c1-14-3-5-16(6-4-14)13-20(2)18(21)12-9-15-7-10-17(19)11-8-15/h3-8,10-11H,9,12-13H2,1-2H3. The van der Waals surface area contributed by atoms with Crippen molar-refractivity contribution in [1.29, 1.82) is 0 Å². The van der Waals surface area contributed by atoms with Crippen LogP contribution in [0, 0.1) is 6.92 Å². The molecule has 110 valence electrons. The van der Waals surface area contributed by atoms with Gasteiger partial charge in [-0.2, -0.15) is 0 Å². The van der Waals surface area contributed by atoms with Crippen LogP contribution in [0.5, 0.6) is 0 Å². The maximum absolute atomic E-state index is 12.2. The lowest BCUT2D eigenvalue weighted by Gasteiger charge is -2.17. The number of carbonyl (C=O) groups excluding carboxylic acids is 1. The highest BCUT2D eigenvalue weighted by molar-refractivity contribution is 6.30. The summed E-state index contributed by atoms with van der Waals surface area (Å²) in [6, 6.07) is 15.9. The van der Waals surface area contributed by atoms with E-state index in [1.54, 1.807) is 4.90 Å². The van der Waals surface area contributed by atoms with Gasteiger partial charge in [-0.3, -0.25) is 4.79 Å². The van der Waals surface area contributed by atoms with Gasteiger partial charge in [-0.25, -0.2) is 0 Å². The Morgan fingerprint density at radius 3 is 2.19 bits per heavy atom. The first-order valence-corrected chi connectivity index (χ1v) is 7.46. The Balaban J connectivity index is 1.84. The van der Waals surface area contributed by atoms with Crippen molar-refractivity contribution in [2.75, 3.05) is 7.05 Å². The molecule has 0 radical (unpaired) electrons. The third-order valence-corrected chi connectivity index (χ3v) is 3.76. The number of hydrogen-bond donors (Lipinski definition) is 0. The summed E-state index contributed by atoms with van der Waals surface area (Å²) in [5, 5.41) is 0.724. The van der Waals surface area contributed by atoms with Gasteiger partial charge in [0.1, 0.15) is 0 Å². The molecule has 0 unspecified atom stereocenters. The molecule has 0 aliphatic carbocycles. The SMILES string of the molecule is Cc1ccc(CN(C)C(=O)CCc2ccc(Cl)cc2)cc1. The summed E-state index contributed by atoms with van der Waals surface area (Å²) in [4.78, 5) is 13.9. The number of amides is 1. The van der Waals surface area contributed by atoms with E-state index in [-0.39, 0.29) is 5.91 Å². The Labute approximate surface area is 131 Å². The van der Waals surface area contributed by atoms with Crippen molar-refractivity contribution >= 4 is 17.5 Å². The average Bonchev–Trinajstić information content (AvgIpc) is 2.48.